The van der Waals surface area contributed by atoms with Crippen molar-refractivity contribution in [3.8, 4) is 0 Å². The summed E-state index contributed by atoms with van der Waals surface area (Å²) in [4.78, 5) is 0. The molecule has 0 N–H and O–H groups in total. The second kappa shape index (κ2) is 4.18. The van der Waals surface area contributed by atoms with Crippen LogP contribution in [-0.2, 0) is 4.74 Å². The van der Waals surface area contributed by atoms with Crippen molar-refractivity contribution in [1.29, 1.82) is 0 Å². The molecular weight excluding hydrogens is 180 g/mol. The van der Waals surface area contributed by atoms with Crippen LogP contribution in [0.15, 0.2) is 12.1 Å². The van der Waals surface area contributed by atoms with Crippen LogP contribution in [0.1, 0.15) is 27.2 Å². The van der Waals surface area contributed by atoms with Gasteiger partial charge in [0.1, 0.15) is 0 Å². The van der Waals surface area contributed by atoms with Crippen LogP contribution in [0.5, 0.6) is 0 Å². The molecule has 0 aromatic carbocycles. The van der Waals surface area contributed by atoms with Crippen LogP contribution in [0.25, 0.3) is 0 Å². The molecule has 78 valence electrons. The normalized spacial score (nSPS) is 13.1. The highest BCUT2D eigenvalue weighted by Crippen LogP contribution is 2.21. The monoisotopic (exact) mass is 195 g/mol. The Morgan fingerprint density at radius 2 is 1.85 bits per heavy atom. The van der Waals surface area contributed by atoms with Gasteiger partial charge in [-0.3, -0.25) is 0 Å². The van der Waals surface area contributed by atoms with Gasteiger partial charge in [-0.05, 0) is 20.3 Å². The zero-order valence-corrected chi connectivity index (χ0v) is 8.24. The second-order valence-electron chi connectivity index (χ2n) is 3.63. The van der Waals surface area contributed by atoms with Crippen molar-refractivity contribution in [1.82, 2.24) is 0 Å². The fourth-order valence-corrected chi connectivity index (χ4v) is 0.485. The van der Waals surface area contributed by atoms with Crippen LogP contribution in [0.4, 0.5) is 12.9 Å². The SMILES string of the molecule is C=C(COC(C)(C)CC)[B-](F)(F)F. The number of rotatable bonds is 5. The minimum absolute atomic E-state index is 0.426. The molecule has 0 radical (unpaired) electrons. The lowest BCUT2D eigenvalue weighted by molar-refractivity contribution is -0.00605. The number of hydrogen-bond acceptors (Lipinski definition) is 1. The van der Waals surface area contributed by atoms with Crippen LogP contribution in [-0.4, -0.2) is 19.2 Å². The standard InChI is InChI=1S/C8H15BF3O/c1-5-8(3,4)13-6-7(2)9(10,11)12/h2,5-6H2,1,3-4H3/q-1. The molecule has 0 rings (SSSR count). The van der Waals surface area contributed by atoms with Gasteiger partial charge in [-0.1, -0.05) is 6.92 Å². The van der Waals surface area contributed by atoms with Gasteiger partial charge in [0.2, 0.25) is 0 Å². The van der Waals surface area contributed by atoms with Crippen molar-refractivity contribution < 1.29 is 17.7 Å². The largest absolute Gasteiger partial charge is 0.507 e. The van der Waals surface area contributed by atoms with E-state index in [1.54, 1.807) is 13.8 Å². The Morgan fingerprint density at radius 1 is 1.38 bits per heavy atom. The molecule has 1 nitrogen and oxygen atoms in total. The molecule has 0 heterocycles. The van der Waals surface area contributed by atoms with E-state index in [9.17, 15) is 12.9 Å². The molecule has 0 amide bonds. The van der Waals surface area contributed by atoms with Crippen LogP contribution in [0.3, 0.4) is 0 Å². The summed E-state index contributed by atoms with van der Waals surface area (Å²) in [5.74, 6) is 0. The van der Waals surface area contributed by atoms with Crippen molar-refractivity contribution in [3.05, 3.63) is 12.1 Å². The lowest BCUT2D eigenvalue weighted by Crippen LogP contribution is -2.29. The van der Waals surface area contributed by atoms with E-state index >= 15 is 0 Å². The summed E-state index contributed by atoms with van der Waals surface area (Å²) in [5, 5.41) is 0. The zero-order valence-electron chi connectivity index (χ0n) is 8.24. The molecule has 0 saturated heterocycles. The van der Waals surface area contributed by atoms with E-state index in [4.69, 9.17) is 4.74 Å². The average molecular weight is 195 g/mol. The van der Waals surface area contributed by atoms with Gasteiger partial charge in [0.25, 0.3) is 0 Å². The van der Waals surface area contributed by atoms with E-state index < -0.39 is 24.7 Å². The Balaban J connectivity index is 3.98. The fourth-order valence-electron chi connectivity index (χ4n) is 0.485. The van der Waals surface area contributed by atoms with Crippen LogP contribution < -0.4 is 0 Å². The topological polar surface area (TPSA) is 9.23 Å². The van der Waals surface area contributed by atoms with E-state index in [-0.39, 0.29) is 0 Å². The Kier molecular flexibility index (Phi) is 4.03. The third-order valence-electron chi connectivity index (χ3n) is 1.96. The highest BCUT2D eigenvalue weighted by atomic mass is 19.4. The summed E-state index contributed by atoms with van der Waals surface area (Å²) in [6.07, 6.45) is 0.672. The number of halogens is 3. The molecule has 0 aliphatic carbocycles. The third kappa shape index (κ3) is 4.98. The zero-order chi connectivity index (χ0) is 10.7. The second-order valence-corrected chi connectivity index (χ2v) is 3.63. The average Bonchev–Trinajstić information content (AvgIpc) is 1.98. The molecule has 0 aromatic rings. The maximum atomic E-state index is 12.0. The minimum atomic E-state index is -4.95. The highest BCUT2D eigenvalue weighted by molar-refractivity contribution is 6.66. The molecular formula is C8H15BF3O-. The van der Waals surface area contributed by atoms with Crippen molar-refractivity contribution >= 4 is 6.98 Å². The van der Waals surface area contributed by atoms with Crippen molar-refractivity contribution in [2.24, 2.45) is 0 Å². The molecule has 0 aromatic heterocycles. The van der Waals surface area contributed by atoms with Crippen LogP contribution >= 0.6 is 0 Å². The summed E-state index contributed by atoms with van der Waals surface area (Å²) < 4.78 is 41.1. The first kappa shape index (κ1) is 12.6. The molecule has 5 heteroatoms. The molecule has 13 heavy (non-hydrogen) atoms. The summed E-state index contributed by atoms with van der Waals surface area (Å²) in [6, 6.07) is 0. The van der Waals surface area contributed by atoms with Crippen molar-refractivity contribution in [3.63, 3.8) is 0 Å². The van der Waals surface area contributed by atoms with Gasteiger partial charge < -0.3 is 17.7 Å². The first-order valence-electron chi connectivity index (χ1n) is 4.20. The number of ether oxygens (including phenoxy) is 1. The van der Waals surface area contributed by atoms with Gasteiger partial charge in [-0.15, -0.1) is 12.1 Å². The van der Waals surface area contributed by atoms with Gasteiger partial charge >= 0.3 is 6.98 Å². The lowest BCUT2D eigenvalue weighted by atomic mass is 9.81. The quantitative estimate of drug-likeness (QED) is 0.612. The molecule has 0 atom stereocenters. The lowest BCUT2D eigenvalue weighted by Gasteiger charge is -2.27. The van der Waals surface area contributed by atoms with Gasteiger partial charge in [-0.2, -0.15) is 0 Å². The molecule has 0 unspecified atom stereocenters. The van der Waals surface area contributed by atoms with Crippen LogP contribution in [0, 0.1) is 0 Å². The summed E-state index contributed by atoms with van der Waals surface area (Å²) in [7, 11) is 0. The highest BCUT2D eigenvalue weighted by Gasteiger charge is 2.28. The van der Waals surface area contributed by atoms with E-state index in [1.807, 2.05) is 6.92 Å². The van der Waals surface area contributed by atoms with Crippen molar-refractivity contribution in [2.45, 2.75) is 32.8 Å². The van der Waals surface area contributed by atoms with E-state index in [0.717, 1.165) is 0 Å². The predicted molar refractivity (Wildman–Crippen MR) is 48.5 cm³/mol. The molecule has 0 spiro atoms. The van der Waals surface area contributed by atoms with Gasteiger partial charge in [0, 0.05) is 6.61 Å². The minimum Gasteiger partial charge on any atom is -0.445 e. The summed E-state index contributed by atoms with van der Waals surface area (Å²) in [5.41, 5.74) is -1.29. The molecule has 0 bridgehead atoms. The Bertz CT molecular complexity index is 186. The molecule has 0 aliphatic rings. The fraction of sp³-hybridized carbons (Fsp3) is 0.750. The third-order valence-corrected chi connectivity index (χ3v) is 1.96. The molecule has 0 fully saturated rings. The van der Waals surface area contributed by atoms with Gasteiger partial charge in [0.15, 0.2) is 0 Å². The van der Waals surface area contributed by atoms with Crippen LogP contribution in [0.2, 0.25) is 0 Å². The maximum Gasteiger partial charge on any atom is 0.507 e. The Hall–Kier alpha value is -0.445. The maximum absolute atomic E-state index is 12.0. The smallest absolute Gasteiger partial charge is 0.445 e. The first-order chi connectivity index (χ1) is 5.69. The predicted octanol–water partition coefficient (Wildman–Crippen LogP) is 3.13. The van der Waals surface area contributed by atoms with Gasteiger partial charge in [0.05, 0.1) is 5.60 Å². The van der Waals surface area contributed by atoms with E-state index in [1.165, 1.54) is 0 Å². The Morgan fingerprint density at radius 3 is 2.15 bits per heavy atom. The number of hydrogen-bond donors (Lipinski definition) is 0. The van der Waals surface area contributed by atoms with Crippen molar-refractivity contribution in [2.75, 3.05) is 6.61 Å². The molecule has 0 aliphatic heterocycles. The first-order valence-corrected chi connectivity index (χ1v) is 4.20. The molecule has 0 saturated carbocycles. The van der Waals surface area contributed by atoms with Gasteiger partial charge in [-0.25, -0.2) is 0 Å². The van der Waals surface area contributed by atoms with E-state index in [0.29, 0.717) is 6.42 Å². The van der Waals surface area contributed by atoms with E-state index in [2.05, 4.69) is 6.58 Å². The summed E-state index contributed by atoms with van der Waals surface area (Å²) in [6.45, 7) is 2.93. The summed E-state index contributed by atoms with van der Waals surface area (Å²) >= 11 is 0. The Labute approximate surface area is 77.0 Å².